The van der Waals surface area contributed by atoms with Crippen LogP contribution in [0.2, 0.25) is 0 Å². The number of carbonyl (C=O) groups excluding carboxylic acids is 1. The minimum absolute atomic E-state index is 0.270. The quantitative estimate of drug-likeness (QED) is 0.771. The number of hydrogen-bond acceptors (Lipinski definition) is 5. The third kappa shape index (κ3) is 2.63. The van der Waals surface area contributed by atoms with Gasteiger partial charge in [-0.1, -0.05) is 0 Å². The van der Waals surface area contributed by atoms with Gasteiger partial charge in [0.2, 0.25) is 5.95 Å². The van der Waals surface area contributed by atoms with E-state index in [1.54, 1.807) is 22.9 Å². The van der Waals surface area contributed by atoms with Crippen LogP contribution in [0.15, 0.2) is 18.2 Å². The lowest BCUT2D eigenvalue weighted by Gasteiger charge is -2.33. The van der Waals surface area contributed by atoms with Gasteiger partial charge in [-0.3, -0.25) is 19.4 Å². The molecule has 2 aromatic heterocycles. The van der Waals surface area contributed by atoms with E-state index >= 15 is 0 Å². The molecule has 4 rings (SSSR count). The predicted molar refractivity (Wildman–Crippen MR) is 99.9 cm³/mol. The zero-order chi connectivity index (χ0) is 19.3. The van der Waals surface area contributed by atoms with Crippen LogP contribution in [0.3, 0.4) is 0 Å². The zero-order valence-corrected chi connectivity index (χ0v) is 15.7. The highest BCUT2D eigenvalue weighted by Gasteiger charge is 2.34. The minimum atomic E-state index is -0.403. The maximum Gasteiger partial charge on any atom is 0.276 e. The number of ether oxygens (including phenoxy) is 1. The highest BCUT2D eigenvalue weighted by Crippen LogP contribution is 2.39. The molecule has 3 heterocycles. The fourth-order valence-electron chi connectivity index (χ4n) is 3.47. The number of nitrogens with one attached hydrogen (secondary N) is 1. The van der Waals surface area contributed by atoms with E-state index in [2.05, 4.69) is 21.5 Å². The Kier molecular flexibility index (Phi) is 3.70. The van der Waals surface area contributed by atoms with Gasteiger partial charge in [-0.2, -0.15) is 10.4 Å². The molecule has 1 amide bonds. The molecule has 0 aliphatic carbocycles. The van der Waals surface area contributed by atoms with E-state index < -0.39 is 5.54 Å². The molecular weight excluding hydrogens is 344 g/mol. The summed E-state index contributed by atoms with van der Waals surface area (Å²) in [6.07, 6.45) is 0. The van der Waals surface area contributed by atoms with Crippen molar-refractivity contribution < 1.29 is 9.53 Å². The number of anilines is 1. The Balaban J connectivity index is 1.84. The van der Waals surface area contributed by atoms with Crippen LogP contribution in [0.1, 0.15) is 42.5 Å². The van der Waals surface area contributed by atoms with Crippen molar-refractivity contribution >= 4 is 22.9 Å². The van der Waals surface area contributed by atoms with Gasteiger partial charge < -0.3 is 4.74 Å². The summed E-state index contributed by atoms with van der Waals surface area (Å²) in [5.74, 6) is 0.764. The van der Waals surface area contributed by atoms with Crippen LogP contribution in [-0.4, -0.2) is 31.8 Å². The lowest BCUT2D eigenvalue weighted by molar-refractivity contribution is 0.101. The molecule has 0 fully saturated rings. The van der Waals surface area contributed by atoms with Crippen molar-refractivity contribution in [3.63, 3.8) is 0 Å². The van der Waals surface area contributed by atoms with Crippen LogP contribution >= 0.6 is 0 Å². The molecule has 0 bridgehead atoms. The Hall–Kier alpha value is -3.34. The van der Waals surface area contributed by atoms with Gasteiger partial charge in [-0.25, -0.2) is 4.98 Å². The zero-order valence-electron chi connectivity index (χ0n) is 15.7. The summed E-state index contributed by atoms with van der Waals surface area (Å²) in [4.78, 5) is 17.5. The Morgan fingerprint density at radius 3 is 2.89 bits per heavy atom. The maximum absolute atomic E-state index is 12.9. The predicted octanol–water partition coefficient (Wildman–Crippen LogP) is 2.81. The maximum atomic E-state index is 12.9. The van der Waals surface area contributed by atoms with Gasteiger partial charge in [-0.05, 0) is 39.8 Å². The van der Waals surface area contributed by atoms with Crippen LogP contribution in [0.5, 0.6) is 5.75 Å². The average Bonchev–Trinajstić information content (AvgIpc) is 3.19. The lowest BCUT2D eigenvalue weighted by atomic mass is 10.0. The number of benzene rings is 1. The molecule has 1 N–H and O–H groups in total. The summed E-state index contributed by atoms with van der Waals surface area (Å²) in [6.45, 7) is 8.84. The third-order valence-corrected chi connectivity index (χ3v) is 4.69. The first-order valence-electron chi connectivity index (χ1n) is 8.79. The van der Waals surface area contributed by atoms with E-state index in [4.69, 9.17) is 4.74 Å². The summed E-state index contributed by atoms with van der Waals surface area (Å²) >= 11 is 0. The first-order valence-corrected chi connectivity index (χ1v) is 8.79. The molecule has 0 spiro atoms. The smallest absolute Gasteiger partial charge is 0.276 e. The molecule has 3 aromatic rings. The van der Waals surface area contributed by atoms with E-state index in [1.165, 1.54) is 0 Å². The van der Waals surface area contributed by atoms with Gasteiger partial charge in [0.15, 0.2) is 0 Å². The first kappa shape index (κ1) is 17.1. The van der Waals surface area contributed by atoms with Gasteiger partial charge >= 0.3 is 0 Å². The summed E-state index contributed by atoms with van der Waals surface area (Å²) in [5, 5.41) is 16.5. The Bertz CT molecular complexity index is 1120. The van der Waals surface area contributed by atoms with E-state index in [0.29, 0.717) is 41.6 Å². The molecule has 8 heteroatoms. The van der Waals surface area contributed by atoms with E-state index in [1.807, 2.05) is 32.3 Å². The van der Waals surface area contributed by atoms with Crippen molar-refractivity contribution in [3.8, 4) is 11.8 Å². The first-order chi connectivity index (χ1) is 12.8. The van der Waals surface area contributed by atoms with Crippen LogP contribution in [-0.2, 0) is 12.1 Å². The van der Waals surface area contributed by atoms with Crippen molar-refractivity contribution in [2.75, 3.05) is 11.9 Å². The fourth-order valence-corrected chi connectivity index (χ4v) is 3.47. The van der Waals surface area contributed by atoms with Crippen LogP contribution in [0, 0.1) is 18.3 Å². The van der Waals surface area contributed by atoms with Crippen molar-refractivity contribution in [2.45, 2.75) is 39.8 Å². The number of rotatable bonds is 3. The molecule has 0 atom stereocenters. The monoisotopic (exact) mass is 364 g/mol. The molecule has 0 saturated carbocycles. The highest BCUT2D eigenvalue weighted by molar-refractivity contribution is 6.03. The number of imidazole rings is 1. The number of hydrogen-bond donors (Lipinski definition) is 1. The van der Waals surface area contributed by atoms with E-state index in [-0.39, 0.29) is 5.91 Å². The molecule has 0 radical (unpaired) electrons. The standard InChI is InChI=1S/C19H20N6O2/c1-5-24-14(6-11(2)23-24)17(26)22-18-21-13-7-12(9-20)8-15-16(13)25(18)19(3,4)10-27-15/h6-8H,5,10H2,1-4H3,(H,21,22,26). The summed E-state index contributed by atoms with van der Waals surface area (Å²) in [6, 6.07) is 7.29. The number of aryl methyl sites for hydroxylation is 2. The summed E-state index contributed by atoms with van der Waals surface area (Å²) in [5.41, 5.74) is 2.73. The summed E-state index contributed by atoms with van der Waals surface area (Å²) < 4.78 is 9.49. The van der Waals surface area contributed by atoms with Gasteiger partial charge in [0, 0.05) is 12.6 Å². The molecule has 138 valence electrons. The SMILES string of the molecule is CCn1nc(C)cc1C(=O)Nc1nc2cc(C#N)cc3c2n1C(C)(C)CO3. The lowest BCUT2D eigenvalue weighted by Crippen LogP contribution is -2.37. The molecule has 0 unspecified atom stereocenters. The van der Waals surface area contributed by atoms with E-state index in [9.17, 15) is 10.1 Å². The second-order valence-corrected chi connectivity index (χ2v) is 7.27. The number of nitrogens with zero attached hydrogens (tertiary/aromatic N) is 5. The van der Waals surface area contributed by atoms with Crippen molar-refractivity contribution in [1.82, 2.24) is 19.3 Å². The normalized spacial score (nSPS) is 14.6. The molecule has 27 heavy (non-hydrogen) atoms. The minimum Gasteiger partial charge on any atom is -0.489 e. The largest absolute Gasteiger partial charge is 0.489 e. The molecule has 1 aliphatic rings. The Labute approximate surface area is 156 Å². The van der Waals surface area contributed by atoms with Crippen LogP contribution in [0.4, 0.5) is 5.95 Å². The van der Waals surface area contributed by atoms with Gasteiger partial charge in [0.1, 0.15) is 23.6 Å². The molecule has 1 aromatic carbocycles. The van der Waals surface area contributed by atoms with Gasteiger partial charge in [-0.15, -0.1) is 0 Å². The second kappa shape index (κ2) is 5.84. The number of amides is 1. The third-order valence-electron chi connectivity index (χ3n) is 4.69. The Morgan fingerprint density at radius 1 is 1.41 bits per heavy atom. The topological polar surface area (TPSA) is 97.8 Å². The molecular formula is C19H20N6O2. The second-order valence-electron chi connectivity index (χ2n) is 7.27. The van der Waals surface area contributed by atoms with Gasteiger partial charge in [0.25, 0.3) is 5.91 Å². The number of nitriles is 1. The van der Waals surface area contributed by atoms with E-state index in [0.717, 1.165) is 11.2 Å². The molecule has 0 saturated heterocycles. The van der Waals surface area contributed by atoms with Crippen molar-refractivity contribution in [2.24, 2.45) is 0 Å². The van der Waals surface area contributed by atoms with Gasteiger partial charge in [0.05, 0.1) is 28.4 Å². The van der Waals surface area contributed by atoms with Crippen LogP contribution in [0.25, 0.3) is 11.0 Å². The number of carbonyl (C=O) groups is 1. The average molecular weight is 364 g/mol. The molecule has 8 nitrogen and oxygen atoms in total. The number of aromatic nitrogens is 4. The van der Waals surface area contributed by atoms with Crippen molar-refractivity contribution in [3.05, 3.63) is 35.2 Å². The highest BCUT2D eigenvalue weighted by atomic mass is 16.5. The van der Waals surface area contributed by atoms with Crippen molar-refractivity contribution in [1.29, 1.82) is 5.26 Å². The summed E-state index contributed by atoms with van der Waals surface area (Å²) in [7, 11) is 0. The van der Waals surface area contributed by atoms with Crippen LogP contribution < -0.4 is 10.1 Å². The fraction of sp³-hybridized carbons (Fsp3) is 0.368. The molecule has 1 aliphatic heterocycles. The Morgan fingerprint density at radius 2 is 2.19 bits per heavy atom.